The number of amides is 1. The zero-order chi connectivity index (χ0) is 20.5. The Labute approximate surface area is 170 Å². The van der Waals surface area contributed by atoms with E-state index in [1.807, 2.05) is 25.1 Å². The predicted octanol–water partition coefficient (Wildman–Crippen LogP) is 3.49. The molecule has 0 fully saturated rings. The summed E-state index contributed by atoms with van der Waals surface area (Å²) in [6, 6.07) is 5.65. The molecule has 0 saturated heterocycles. The number of aliphatic imine (C=N–C) groups is 1. The van der Waals surface area contributed by atoms with E-state index in [0.29, 0.717) is 30.4 Å². The molecule has 7 nitrogen and oxygen atoms in total. The summed E-state index contributed by atoms with van der Waals surface area (Å²) in [4.78, 5) is 20.7. The highest BCUT2D eigenvalue weighted by molar-refractivity contribution is 7.09. The van der Waals surface area contributed by atoms with E-state index < -0.39 is 0 Å². The molecule has 0 aliphatic heterocycles. The van der Waals surface area contributed by atoms with Crippen LogP contribution in [-0.2, 0) is 17.9 Å². The van der Waals surface area contributed by atoms with E-state index in [9.17, 15) is 4.79 Å². The number of benzene rings is 1. The van der Waals surface area contributed by atoms with Crippen molar-refractivity contribution in [3.8, 4) is 5.75 Å². The van der Waals surface area contributed by atoms with E-state index in [2.05, 4.69) is 45.2 Å². The molecule has 0 bridgehead atoms. The Morgan fingerprint density at radius 2 is 2.11 bits per heavy atom. The molecular formula is C20H29N5O2S. The summed E-state index contributed by atoms with van der Waals surface area (Å²) in [7, 11) is 1.58. The number of thiazole rings is 1. The van der Waals surface area contributed by atoms with Crippen LogP contribution in [0.5, 0.6) is 5.75 Å². The van der Waals surface area contributed by atoms with Crippen LogP contribution in [0.25, 0.3) is 0 Å². The number of carbonyl (C=O) groups excluding carboxylic acids is 1. The van der Waals surface area contributed by atoms with Crippen LogP contribution < -0.4 is 20.7 Å². The van der Waals surface area contributed by atoms with Gasteiger partial charge in [0, 0.05) is 18.8 Å². The van der Waals surface area contributed by atoms with Crippen molar-refractivity contribution >= 4 is 28.9 Å². The third kappa shape index (κ3) is 6.53. The molecule has 0 saturated carbocycles. The molecule has 0 aliphatic carbocycles. The van der Waals surface area contributed by atoms with E-state index in [1.54, 1.807) is 18.4 Å². The maximum absolute atomic E-state index is 11.4. The first-order chi connectivity index (χ1) is 13.4. The van der Waals surface area contributed by atoms with Crippen molar-refractivity contribution < 1.29 is 9.53 Å². The molecule has 1 aromatic carbocycles. The molecule has 0 unspecified atom stereocenters. The van der Waals surface area contributed by atoms with Crippen molar-refractivity contribution in [1.82, 2.24) is 15.6 Å². The second-order valence-corrected chi connectivity index (χ2v) is 7.53. The average Bonchev–Trinajstić information content (AvgIpc) is 3.13. The molecule has 1 heterocycles. The minimum atomic E-state index is -0.141. The van der Waals surface area contributed by atoms with Crippen LogP contribution in [0.4, 0.5) is 5.69 Å². The molecular weight excluding hydrogens is 374 g/mol. The zero-order valence-electron chi connectivity index (χ0n) is 17.1. The number of ether oxygens (including phenoxy) is 1. The second-order valence-electron chi connectivity index (χ2n) is 6.59. The molecule has 1 amide bonds. The molecule has 28 heavy (non-hydrogen) atoms. The number of methoxy groups -OCH3 is 1. The van der Waals surface area contributed by atoms with Crippen LogP contribution in [0.2, 0.25) is 0 Å². The highest BCUT2D eigenvalue weighted by Crippen LogP contribution is 2.25. The molecule has 2 rings (SSSR count). The number of rotatable bonds is 8. The van der Waals surface area contributed by atoms with Crippen LogP contribution in [0, 0.1) is 0 Å². The molecule has 3 N–H and O–H groups in total. The Balaban J connectivity index is 2.05. The van der Waals surface area contributed by atoms with E-state index in [1.165, 1.54) is 6.92 Å². The molecule has 2 aromatic rings. The summed E-state index contributed by atoms with van der Waals surface area (Å²) in [5, 5.41) is 12.5. The summed E-state index contributed by atoms with van der Waals surface area (Å²) >= 11 is 1.65. The fourth-order valence-corrected chi connectivity index (χ4v) is 3.38. The van der Waals surface area contributed by atoms with Crippen molar-refractivity contribution in [2.45, 2.75) is 46.7 Å². The molecule has 0 spiro atoms. The van der Waals surface area contributed by atoms with E-state index in [0.717, 1.165) is 28.8 Å². The standard InChI is InChI=1S/C20H29N5O2S/c1-6-21-20(23-11-19-25-17(12-28-19)13(2)3)22-10-15-7-8-18(27-5)16(9-15)24-14(4)26/h7-9,12-13H,6,10-11H2,1-5H3,(H,24,26)(H2,21,22,23). The van der Waals surface area contributed by atoms with E-state index in [4.69, 9.17) is 4.74 Å². The first kappa shape index (κ1) is 21.7. The molecule has 0 aliphatic rings. The van der Waals surface area contributed by atoms with Crippen LogP contribution in [0.15, 0.2) is 28.6 Å². The molecule has 152 valence electrons. The second kappa shape index (κ2) is 10.7. The summed E-state index contributed by atoms with van der Waals surface area (Å²) in [5.74, 6) is 1.64. The molecule has 0 atom stereocenters. The van der Waals surface area contributed by atoms with Gasteiger partial charge in [0.25, 0.3) is 0 Å². The largest absolute Gasteiger partial charge is 0.495 e. The van der Waals surface area contributed by atoms with E-state index in [-0.39, 0.29) is 5.91 Å². The van der Waals surface area contributed by atoms with Gasteiger partial charge in [0.1, 0.15) is 10.8 Å². The summed E-state index contributed by atoms with van der Waals surface area (Å²) in [5.41, 5.74) is 2.73. The van der Waals surface area contributed by atoms with Crippen molar-refractivity contribution in [2.75, 3.05) is 19.0 Å². The molecule has 1 aromatic heterocycles. The van der Waals surface area contributed by atoms with Crippen molar-refractivity contribution in [3.63, 3.8) is 0 Å². The van der Waals surface area contributed by atoms with Gasteiger partial charge in [-0.1, -0.05) is 19.9 Å². The van der Waals surface area contributed by atoms with Gasteiger partial charge < -0.3 is 20.7 Å². The summed E-state index contributed by atoms with van der Waals surface area (Å²) in [6.07, 6.45) is 0. The van der Waals surface area contributed by atoms with Crippen LogP contribution in [0.1, 0.15) is 49.9 Å². The predicted molar refractivity (Wildman–Crippen MR) is 115 cm³/mol. The number of nitrogens with zero attached hydrogens (tertiary/aromatic N) is 2. The van der Waals surface area contributed by atoms with Crippen LogP contribution in [0.3, 0.4) is 0 Å². The Hall–Kier alpha value is -2.61. The van der Waals surface area contributed by atoms with Gasteiger partial charge in [-0.15, -0.1) is 11.3 Å². The lowest BCUT2D eigenvalue weighted by molar-refractivity contribution is -0.114. The Morgan fingerprint density at radius 1 is 1.32 bits per heavy atom. The normalized spacial score (nSPS) is 11.4. The van der Waals surface area contributed by atoms with Crippen molar-refractivity contribution in [2.24, 2.45) is 4.99 Å². The fourth-order valence-electron chi connectivity index (χ4n) is 2.48. The van der Waals surface area contributed by atoms with Crippen LogP contribution >= 0.6 is 11.3 Å². The Morgan fingerprint density at radius 3 is 2.71 bits per heavy atom. The Bertz CT molecular complexity index is 817. The number of hydrogen-bond acceptors (Lipinski definition) is 5. The van der Waals surface area contributed by atoms with Gasteiger partial charge in [0.2, 0.25) is 5.91 Å². The average molecular weight is 404 g/mol. The first-order valence-corrected chi connectivity index (χ1v) is 10.2. The Kier molecular flexibility index (Phi) is 8.25. The van der Waals surface area contributed by atoms with Crippen molar-refractivity contribution in [3.05, 3.63) is 39.8 Å². The third-order valence-corrected chi connectivity index (χ3v) is 4.77. The highest BCUT2D eigenvalue weighted by atomic mass is 32.1. The van der Waals surface area contributed by atoms with Crippen LogP contribution in [-0.4, -0.2) is 30.5 Å². The zero-order valence-corrected chi connectivity index (χ0v) is 17.9. The van der Waals surface area contributed by atoms with Gasteiger partial charge in [-0.25, -0.2) is 9.98 Å². The maximum Gasteiger partial charge on any atom is 0.221 e. The van der Waals surface area contributed by atoms with Crippen molar-refractivity contribution in [1.29, 1.82) is 0 Å². The minimum absolute atomic E-state index is 0.141. The number of aromatic nitrogens is 1. The number of anilines is 1. The lowest BCUT2D eigenvalue weighted by Gasteiger charge is -2.12. The van der Waals surface area contributed by atoms with Gasteiger partial charge in [-0.05, 0) is 30.5 Å². The molecule has 8 heteroatoms. The third-order valence-electron chi connectivity index (χ3n) is 3.91. The number of nitrogens with one attached hydrogen (secondary N) is 3. The fraction of sp³-hybridized carbons (Fsp3) is 0.450. The maximum atomic E-state index is 11.4. The van der Waals surface area contributed by atoms with E-state index >= 15 is 0 Å². The minimum Gasteiger partial charge on any atom is -0.495 e. The van der Waals surface area contributed by atoms with Gasteiger partial charge in [-0.2, -0.15) is 0 Å². The monoisotopic (exact) mass is 403 g/mol. The quantitative estimate of drug-likeness (QED) is 0.464. The smallest absolute Gasteiger partial charge is 0.221 e. The summed E-state index contributed by atoms with van der Waals surface area (Å²) in [6.45, 7) is 9.65. The summed E-state index contributed by atoms with van der Waals surface area (Å²) < 4.78 is 5.29. The number of carbonyl (C=O) groups is 1. The topological polar surface area (TPSA) is 87.6 Å². The number of guanidine groups is 1. The first-order valence-electron chi connectivity index (χ1n) is 9.33. The lowest BCUT2D eigenvalue weighted by atomic mass is 10.2. The lowest BCUT2D eigenvalue weighted by Crippen LogP contribution is -2.36. The highest BCUT2D eigenvalue weighted by Gasteiger charge is 2.08. The SMILES string of the molecule is CCNC(=NCc1ccc(OC)c(NC(C)=O)c1)NCc1nc(C(C)C)cs1. The van der Waals surface area contributed by atoms with Gasteiger partial charge in [0.15, 0.2) is 5.96 Å². The number of hydrogen-bond donors (Lipinski definition) is 3. The van der Waals surface area contributed by atoms with Gasteiger partial charge in [-0.3, -0.25) is 4.79 Å². The molecule has 0 radical (unpaired) electrons. The van der Waals surface area contributed by atoms with Gasteiger partial charge in [0.05, 0.1) is 31.6 Å². The van der Waals surface area contributed by atoms with Gasteiger partial charge >= 0.3 is 0 Å².